The van der Waals surface area contributed by atoms with Crippen LogP contribution in [0.1, 0.15) is 19.4 Å². The highest BCUT2D eigenvalue weighted by Crippen LogP contribution is 2.32. The predicted molar refractivity (Wildman–Crippen MR) is 57.4 cm³/mol. The molecule has 0 bridgehead atoms. The summed E-state index contributed by atoms with van der Waals surface area (Å²) in [5.74, 6) is 0.867. The van der Waals surface area contributed by atoms with E-state index in [0.717, 1.165) is 10.6 Å². The Labute approximate surface area is 87.7 Å². The van der Waals surface area contributed by atoms with Crippen LogP contribution in [0.5, 0.6) is 0 Å². The number of aldehydes is 1. The topological polar surface area (TPSA) is 17.1 Å². The largest absolute Gasteiger partial charge is 0.299 e. The fourth-order valence-corrected chi connectivity index (χ4v) is 2.12. The molecule has 0 N–H and O–H groups in total. The smallest absolute Gasteiger partial charge is 0.189 e. The van der Waals surface area contributed by atoms with Crippen molar-refractivity contribution in [3.63, 3.8) is 0 Å². The van der Waals surface area contributed by atoms with Crippen molar-refractivity contribution in [2.45, 2.75) is 24.4 Å². The van der Waals surface area contributed by atoms with Crippen LogP contribution in [-0.2, 0) is 10.5 Å². The van der Waals surface area contributed by atoms with Gasteiger partial charge in [-0.3, -0.25) is 4.79 Å². The first-order valence-corrected chi connectivity index (χ1v) is 5.48. The first kappa shape index (κ1) is 11.2. The van der Waals surface area contributed by atoms with Gasteiger partial charge in [-0.15, -0.1) is 11.8 Å². The Kier molecular flexibility index (Phi) is 3.69. The average molecular weight is 212 g/mol. The highest BCUT2D eigenvalue weighted by Gasteiger charge is 2.27. The SMILES string of the molecule is CCSc1ccccc1C(C)(F)C=O. The first-order chi connectivity index (χ1) is 6.61. The molecular formula is C11H13FOS. The van der Waals surface area contributed by atoms with Crippen molar-refractivity contribution in [2.24, 2.45) is 0 Å². The summed E-state index contributed by atoms with van der Waals surface area (Å²) < 4.78 is 13.8. The highest BCUT2D eigenvalue weighted by atomic mass is 32.2. The fraction of sp³-hybridized carbons (Fsp3) is 0.364. The van der Waals surface area contributed by atoms with Crippen molar-refractivity contribution < 1.29 is 9.18 Å². The quantitative estimate of drug-likeness (QED) is 0.563. The van der Waals surface area contributed by atoms with E-state index in [9.17, 15) is 9.18 Å². The molecule has 0 saturated carbocycles. The predicted octanol–water partition coefficient (Wildman–Crippen LogP) is 3.18. The molecule has 14 heavy (non-hydrogen) atoms. The lowest BCUT2D eigenvalue weighted by molar-refractivity contribution is -0.117. The maximum absolute atomic E-state index is 13.8. The number of hydrogen-bond donors (Lipinski definition) is 0. The van der Waals surface area contributed by atoms with E-state index in [2.05, 4.69) is 0 Å². The molecule has 0 radical (unpaired) electrons. The monoisotopic (exact) mass is 212 g/mol. The number of hydrogen-bond acceptors (Lipinski definition) is 2. The molecule has 0 aliphatic rings. The zero-order valence-electron chi connectivity index (χ0n) is 8.29. The van der Waals surface area contributed by atoms with Crippen LogP contribution in [0.4, 0.5) is 4.39 Å². The molecule has 0 heterocycles. The number of thioether (sulfide) groups is 1. The van der Waals surface area contributed by atoms with Crippen LogP contribution in [0.2, 0.25) is 0 Å². The van der Waals surface area contributed by atoms with E-state index in [4.69, 9.17) is 0 Å². The van der Waals surface area contributed by atoms with E-state index >= 15 is 0 Å². The van der Waals surface area contributed by atoms with Gasteiger partial charge in [-0.05, 0) is 18.7 Å². The lowest BCUT2D eigenvalue weighted by Gasteiger charge is -2.16. The highest BCUT2D eigenvalue weighted by molar-refractivity contribution is 7.99. The maximum Gasteiger partial charge on any atom is 0.189 e. The summed E-state index contributed by atoms with van der Waals surface area (Å²) in [6.45, 7) is 3.28. The van der Waals surface area contributed by atoms with Gasteiger partial charge >= 0.3 is 0 Å². The lowest BCUT2D eigenvalue weighted by Crippen LogP contribution is -2.17. The van der Waals surface area contributed by atoms with Crippen LogP contribution in [0.25, 0.3) is 0 Å². The van der Waals surface area contributed by atoms with E-state index in [1.807, 2.05) is 19.1 Å². The summed E-state index contributed by atoms with van der Waals surface area (Å²) in [6, 6.07) is 7.09. The standard InChI is InChI=1S/C11H13FOS/c1-3-14-10-7-5-4-6-9(10)11(2,12)8-13/h4-8H,3H2,1-2H3. The zero-order chi connectivity index (χ0) is 10.6. The van der Waals surface area contributed by atoms with Gasteiger partial charge in [0, 0.05) is 10.5 Å². The van der Waals surface area contributed by atoms with Crippen molar-refractivity contribution in [2.75, 3.05) is 5.75 Å². The minimum Gasteiger partial charge on any atom is -0.299 e. The third-order valence-corrected chi connectivity index (χ3v) is 2.89. The molecule has 1 rings (SSSR count). The number of carbonyl (C=O) groups is 1. The van der Waals surface area contributed by atoms with E-state index in [-0.39, 0.29) is 0 Å². The molecule has 3 heteroatoms. The van der Waals surface area contributed by atoms with Crippen LogP contribution in [0.15, 0.2) is 29.2 Å². The summed E-state index contributed by atoms with van der Waals surface area (Å²) >= 11 is 1.55. The third kappa shape index (κ3) is 2.35. The van der Waals surface area contributed by atoms with Crippen molar-refractivity contribution in [3.05, 3.63) is 29.8 Å². The van der Waals surface area contributed by atoms with Gasteiger partial charge in [-0.2, -0.15) is 0 Å². The van der Waals surface area contributed by atoms with Gasteiger partial charge in [0.1, 0.15) is 0 Å². The number of halogens is 1. The van der Waals surface area contributed by atoms with Crippen LogP contribution >= 0.6 is 11.8 Å². The second-order valence-electron chi connectivity index (χ2n) is 3.12. The molecule has 1 aromatic carbocycles. The molecule has 76 valence electrons. The van der Waals surface area contributed by atoms with Crippen LogP contribution in [0, 0.1) is 0 Å². The Morgan fingerprint density at radius 1 is 1.50 bits per heavy atom. The Bertz CT molecular complexity index is 323. The molecule has 1 atom stereocenters. The molecule has 0 aromatic heterocycles. The van der Waals surface area contributed by atoms with Gasteiger partial charge in [-0.1, -0.05) is 25.1 Å². The number of carbonyl (C=O) groups excluding carboxylic acids is 1. The fourth-order valence-electron chi connectivity index (χ4n) is 1.22. The van der Waals surface area contributed by atoms with Crippen molar-refractivity contribution in [3.8, 4) is 0 Å². The second-order valence-corrected chi connectivity index (χ2v) is 4.43. The molecule has 0 fully saturated rings. The molecular weight excluding hydrogens is 199 g/mol. The van der Waals surface area contributed by atoms with E-state index < -0.39 is 5.67 Å². The average Bonchev–Trinajstić information content (AvgIpc) is 2.19. The summed E-state index contributed by atoms with van der Waals surface area (Å²) in [6.07, 6.45) is 0.349. The Morgan fingerprint density at radius 2 is 2.14 bits per heavy atom. The van der Waals surface area contributed by atoms with Gasteiger partial charge in [0.2, 0.25) is 0 Å². The third-order valence-electron chi connectivity index (χ3n) is 1.93. The molecule has 0 amide bonds. The number of alkyl halides is 1. The Morgan fingerprint density at radius 3 is 2.71 bits per heavy atom. The van der Waals surface area contributed by atoms with Gasteiger partial charge in [0.25, 0.3) is 0 Å². The summed E-state index contributed by atoms with van der Waals surface area (Å²) in [4.78, 5) is 11.4. The van der Waals surface area contributed by atoms with Crippen LogP contribution in [-0.4, -0.2) is 12.0 Å². The second kappa shape index (κ2) is 4.60. The minimum atomic E-state index is -1.88. The maximum atomic E-state index is 13.8. The lowest BCUT2D eigenvalue weighted by atomic mass is 10.00. The van der Waals surface area contributed by atoms with Crippen molar-refractivity contribution in [1.29, 1.82) is 0 Å². The van der Waals surface area contributed by atoms with Gasteiger partial charge in [0.05, 0.1) is 0 Å². The first-order valence-electron chi connectivity index (χ1n) is 4.49. The Balaban J connectivity index is 3.12. The van der Waals surface area contributed by atoms with Gasteiger partial charge in [0.15, 0.2) is 12.0 Å². The number of rotatable bonds is 4. The molecule has 0 saturated heterocycles. The molecule has 1 unspecified atom stereocenters. The van der Waals surface area contributed by atoms with E-state index in [0.29, 0.717) is 11.8 Å². The number of benzene rings is 1. The van der Waals surface area contributed by atoms with E-state index in [1.165, 1.54) is 6.92 Å². The molecule has 1 nitrogen and oxygen atoms in total. The van der Waals surface area contributed by atoms with Crippen LogP contribution < -0.4 is 0 Å². The molecule has 0 aliphatic carbocycles. The summed E-state index contributed by atoms with van der Waals surface area (Å²) in [5.41, 5.74) is -1.42. The molecule has 0 spiro atoms. The summed E-state index contributed by atoms with van der Waals surface area (Å²) in [7, 11) is 0. The van der Waals surface area contributed by atoms with Crippen molar-refractivity contribution in [1.82, 2.24) is 0 Å². The molecule has 1 aromatic rings. The normalized spacial score (nSPS) is 14.8. The zero-order valence-corrected chi connectivity index (χ0v) is 9.10. The van der Waals surface area contributed by atoms with Crippen molar-refractivity contribution >= 4 is 18.0 Å². The Hall–Kier alpha value is -0.830. The minimum absolute atomic E-state index is 0.349. The summed E-state index contributed by atoms with van der Waals surface area (Å²) in [5, 5.41) is 0. The van der Waals surface area contributed by atoms with Gasteiger partial charge in [-0.25, -0.2) is 4.39 Å². The molecule has 0 aliphatic heterocycles. The van der Waals surface area contributed by atoms with Gasteiger partial charge < -0.3 is 0 Å². The van der Waals surface area contributed by atoms with Crippen LogP contribution in [0.3, 0.4) is 0 Å². The van der Waals surface area contributed by atoms with E-state index in [1.54, 1.807) is 23.9 Å².